The molecule has 1 aromatic carbocycles. The Morgan fingerprint density at radius 3 is 2.69 bits per heavy atom. The van der Waals surface area contributed by atoms with Crippen LogP contribution in [0.15, 0.2) is 23.2 Å². The maximum Gasteiger partial charge on any atom is 0.191 e. The van der Waals surface area contributed by atoms with Crippen LogP contribution in [0, 0.1) is 17.0 Å². The fourth-order valence-electron chi connectivity index (χ4n) is 3.54. The maximum absolute atomic E-state index is 14.0. The average molecular weight is 366 g/mol. The molecule has 1 unspecified atom stereocenters. The Morgan fingerprint density at radius 1 is 1.35 bits per heavy atom. The molecule has 144 valence electrons. The topological polar surface area (TPSA) is 48.9 Å². The van der Waals surface area contributed by atoms with E-state index in [-0.39, 0.29) is 11.7 Å². The second kappa shape index (κ2) is 8.20. The molecule has 0 amide bonds. The number of benzene rings is 1. The maximum atomic E-state index is 14.0. The van der Waals surface area contributed by atoms with Crippen molar-refractivity contribution in [2.75, 3.05) is 45.3 Å². The van der Waals surface area contributed by atoms with Gasteiger partial charge in [-0.3, -0.25) is 4.99 Å². The third-order valence-electron chi connectivity index (χ3n) is 5.43. The summed E-state index contributed by atoms with van der Waals surface area (Å²) in [7, 11) is 3.47. The van der Waals surface area contributed by atoms with Crippen LogP contribution in [-0.2, 0) is 4.74 Å². The molecule has 1 saturated heterocycles. The van der Waals surface area contributed by atoms with Crippen molar-refractivity contribution in [3.8, 4) is 0 Å². The minimum atomic E-state index is -0.512. The van der Waals surface area contributed by atoms with Crippen molar-refractivity contribution < 1.29 is 13.5 Å². The van der Waals surface area contributed by atoms with E-state index in [1.165, 1.54) is 31.0 Å². The van der Waals surface area contributed by atoms with Gasteiger partial charge in [0.2, 0.25) is 0 Å². The second-order valence-corrected chi connectivity index (χ2v) is 7.31. The van der Waals surface area contributed by atoms with Crippen LogP contribution in [0.4, 0.5) is 14.5 Å². The Kier molecular flexibility index (Phi) is 5.96. The van der Waals surface area contributed by atoms with Crippen LogP contribution >= 0.6 is 0 Å². The number of para-hydroxylation sites is 1. The molecule has 1 aliphatic carbocycles. The SMILES string of the molecule is CN=C(NCC1(CCOC)CC1)NC1CCN(c2c(F)cccc2F)C1. The number of halogens is 2. The van der Waals surface area contributed by atoms with Gasteiger partial charge >= 0.3 is 0 Å². The van der Waals surface area contributed by atoms with Gasteiger partial charge in [0.25, 0.3) is 0 Å². The van der Waals surface area contributed by atoms with E-state index < -0.39 is 11.6 Å². The number of nitrogens with one attached hydrogen (secondary N) is 2. The van der Waals surface area contributed by atoms with Crippen LogP contribution < -0.4 is 15.5 Å². The van der Waals surface area contributed by atoms with Crippen LogP contribution in [0.1, 0.15) is 25.7 Å². The Morgan fingerprint density at radius 2 is 2.08 bits per heavy atom. The lowest BCUT2D eigenvalue weighted by Crippen LogP contribution is -2.46. The molecule has 0 radical (unpaired) electrons. The quantitative estimate of drug-likeness (QED) is 0.575. The number of methoxy groups -OCH3 is 1. The van der Waals surface area contributed by atoms with Gasteiger partial charge in [0, 0.05) is 46.4 Å². The number of rotatable bonds is 7. The van der Waals surface area contributed by atoms with E-state index >= 15 is 0 Å². The first-order chi connectivity index (χ1) is 12.6. The van der Waals surface area contributed by atoms with Gasteiger partial charge in [0.05, 0.1) is 0 Å². The van der Waals surface area contributed by atoms with Gasteiger partial charge < -0.3 is 20.3 Å². The van der Waals surface area contributed by atoms with Crippen molar-refractivity contribution in [3.05, 3.63) is 29.8 Å². The zero-order valence-electron chi connectivity index (χ0n) is 15.5. The van der Waals surface area contributed by atoms with Gasteiger partial charge in [-0.05, 0) is 43.2 Å². The summed E-state index contributed by atoms with van der Waals surface area (Å²) >= 11 is 0. The van der Waals surface area contributed by atoms with Crippen molar-refractivity contribution in [3.63, 3.8) is 0 Å². The third kappa shape index (κ3) is 4.44. The molecular weight excluding hydrogens is 338 g/mol. The second-order valence-electron chi connectivity index (χ2n) is 7.31. The summed E-state index contributed by atoms with van der Waals surface area (Å²) in [6, 6.07) is 4.10. The van der Waals surface area contributed by atoms with Crippen LogP contribution in [0.3, 0.4) is 0 Å². The van der Waals surface area contributed by atoms with E-state index in [2.05, 4.69) is 15.6 Å². The third-order valence-corrected chi connectivity index (χ3v) is 5.43. The first kappa shape index (κ1) is 18.9. The molecule has 7 heteroatoms. The highest BCUT2D eigenvalue weighted by molar-refractivity contribution is 5.80. The summed E-state index contributed by atoms with van der Waals surface area (Å²) in [5.41, 5.74) is 0.391. The fraction of sp³-hybridized carbons (Fsp3) is 0.632. The zero-order valence-corrected chi connectivity index (χ0v) is 15.5. The summed E-state index contributed by atoms with van der Waals surface area (Å²) in [6.07, 6.45) is 4.29. The molecule has 1 atom stereocenters. The molecule has 1 aliphatic heterocycles. The number of aliphatic imine (C=N–C) groups is 1. The van der Waals surface area contributed by atoms with Crippen LogP contribution in [0.25, 0.3) is 0 Å². The number of guanidine groups is 1. The molecule has 1 heterocycles. The average Bonchev–Trinajstić information content (AvgIpc) is 3.26. The number of anilines is 1. The normalized spacial score (nSPS) is 21.8. The molecule has 2 fully saturated rings. The highest BCUT2D eigenvalue weighted by Crippen LogP contribution is 2.48. The van der Waals surface area contributed by atoms with Crippen molar-refractivity contribution in [1.82, 2.24) is 10.6 Å². The van der Waals surface area contributed by atoms with E-state index in [4.69, 9.17) is 4.74 Å². The molecule has 0 aromatic heterocycles. The first-order valence-corrected chi connectivity index (χ1v) is 9.22. The Hall–Kier alpha value is -1.89. The molecular formula is C19H28F2N4O. The summed E-state index contributed by atoms with van der Waals surface area (Å²) in [5, 5.41) is 6.78. The van der Waals surface area contributed by atoms with Gasteiger partial charge in [-0.15, -0.1) is 0 Å². The fourth-order valence-corrected chi connectivity index (χ4v) is 3.54. The Labute approximate surface area is 153 Å². The van der Waals surface area contributed by atoms with Crippen molar-refractivity contribution in [1.29, 1.82) is 0 Å². The smallest absolute Gasteiger partial charge is 0.191 e. The summed E-state index contributed by atoms with van der Waals surface area (Å²) in [4.78, 5) is 6.05. The molecule has 0 bridgehead atoms. The van der Waals surface area contributed by atoms with Gasteiger partial charge in [-0.25, -0.2) is 8.78 Å². The number of hydrogen-bond acceptors (Lipinski definition) is 3. The predicted molar refractivity (Wildman–Crippen MR) is 99.6 cm³/mol. The standard InChI is InChI=1S/C19H28F2N4O/c1-22-18(23-13-19(7-8-19)9-11-26-2)24-14-6-10-25(12-14)17-15(20)4-3-5-16(17)21/h3-5,14H,6-13H2,1-2H3,(H2,22,23,24). The monoisotopic (exact) mass is 366 g/mol. The minimum absolute atomic E-state index is 0.0660. The molecule has 5 nitrogen and oxygen atoms in total. The van der Waals surface area contributed by atoms with Crippen LogP contribution in [-0.4, -0.2) is 52.4 Å². The molecule has 2 N–H and O–H groups in total. The molecule has 1 saturated carbocycles. The molecule has 0 spiro atoms. The number of nitrogens with zero attached hydrogens (tertiary/aromatic N) is 2. The van der Waals surface area contributed by atoms with Crippen LogP contribution in [0.2, 0.25) is 0 Å². The lowest BCUT2D eigenvalue weighted by Gasteiger charge is -2.22. The minimum Gasteiger partial charge on any atom is -0.385 e. The predicted octanol–water partition coefficient (Wildman–Crippen LogP) is 2.53. The number of ether oxygens (including phenoxy) is 1. The van der Waals surface area contributed by atoms with E-state index in [9.17, 15) is 8.78 Å². The highest BCUT2D eigenvalue weighted by atomic mass is 19.1. The highest BCUT2D eigenvalue weighted by Gasteiger charge is 2.42. The summed E-state index contributed by atoms with van der Waals surface area (Å²) in [5.74, 6) is -0.279. The first-order valence-electron chi connectivity index (χ1n) is 9.22. The molecule has 1 aromatic rings. The number of hydrogen-bond donors (Lipinski definition) is 2. The van der Waals surface area contributed by atoms with Gasteiger partial charge in [-0.1, -0.05) is 6.07 Å². The van der Waals surface area contributed by atoms with Gasteiger partial charge in [0.1, 0.15) is 17.3 Å². The Balaban J connectivity index is 1.51. The largest absolute Gasteiger partial charge is 0.385 e. The Bertz CT molecular complexity index is 628. The molecule has 26 heavy (non-hydrogen) atoms. The van der Waals surface area contributed by atoms with Crippen LogP contribution in [0.5, 0.6) is 0 Å². The molecule has 2 aliphatic rings. The van der Waals surface area contributed by atoms with E-state index in [1.54, 1.807) is 19.1 Å². The zero-order chi connectivity index (χ0) is 18.6. The van der Waals surface area contributed by atoms with Gasteiger partial charge in [0.15, 0.2) is 5.96 Å². The summed E-state index contributed by atoms with van der Waals surface area (Å²) in [6.45, 7) is 2.81. The van der Waals surface area contributed by atoms with Gasteiger partial charge in [-0.2, -0.15) is 0 Å². The van der Waals surface area contributed by atoms with Crippen molar-refractivity contribution in [2.45, 2.75) is 31.7 Å². The van der Waals surface area contributed by atoms with Crippen molar-refractivity contribution >= 4 is 11.6 Å². The molecule has 3 rings (SSSR count). The summed E-state index contributed by atoms with van der Waals surface area (Å²) < 4.78 is 33.1. The van der Waals surface area contributed by atoms with E-state index in [1.807, 2.05) is 0 Å². The lowest BCUT2D eigenvalue weighted by atomic mass is 10.0. The van der Waals surface area contributed by atoms with E-state index in [0.29, 0.717) is 18.5 Å². The van der Waals surface area contributed by atoms with E-state index in [0.717, 1.165) is 32.0 Å². The van der Waals surface area contributed by atoms with Crippen molar-refractivity contribution in [2.24, 2.45) is 10.4 Å². The lowest BCUT2D eigenvalue weighted by molar-refractivity contribution is 0.172.